The topological polar surface area (TPSA) is 86.6 Å². The van der Waals surface area contributed by atoms with Crippen molar-refractivity contribution in [3.8, 4) is 0 Å². The first-order valence-corrected chi connectivity index (χ1v) is 9.21. The van der Waals surface area contributed by atoms with E-state index in [9.17, 15) is 14.7 Å². The molecule has 2 aromatic carbocycles. The molecule has 0 aliphatic rings. The van der Waals surface area contributed by atoms with Crippen molar-refractivity contribution in [2.75, 3.05) is 6.61 Å². The first kappa shape index (κ1) is 19.9. The maximum absolute atomic E-state index is 12.1. The zero-order chi connectivity index (χ0) is 18.8. The Kier molecular flexibility index (Phi) is 8.09. The molecule has 0 heterocycles. The zero-order valence-electron chi connectivity index (χ0n) is 15.0. The molecule has 0 aliphatic carbocycles. The molecule has 26 heavy (non-hydrogen) atoms. The molecule has 1 atom stereocenters. The van der Waals surface area contributed by atoms with Crippen molar-refractivity contribution in [1.29, 1.82) is 0 Å². The molecule has 0 saturated carbocycles. The summed E-state index contributed by atoms with van der Waals surface area (Å²) in [5.74, 6) is -1.24. The Morgan fingerprint density at radius 1 is 0.923 bits per heavy atom. The number of hydrogen-bond acceptors (Lipinski definition) is 3. The molecule has 0 saturated heterocycles. The highest BCUT2D eigenvalue weighted by molar-refractivity contribution is 5.88. The molecule has 0 unspecified atom stereocenters. The highest BCUT2D eigenvalue weighted by Crippen LogP contribution is 2.20. The van der Waals surface area contributed by atoms with Crippen molar-refractivity contribution in [1.82, 2.24) is 5.32 Å². The predicted octanol–water partition coefficient (Wildman–Crippen LogP) is 3.28. The molecule has 2 aromatic rings. The molecule has 0 spiro atoms. The van der Waals surface area contributed by atoms with E-state index in [0.717, 1.165) is 48.4 Å². The minimum Gasteiger partial charge on any atom is -0.480 e. The van der Waals surface area contributed by atoms with Crippen LogP contribution in [0.15, 0.2) is 42.5 Å². The summed E-state index contributed by atoms with van der Waals surface area (Å²) in [5, 5.41) is 22.9. The van der Waals surface area contributed by atoms with E-state index < -0.39 is 12.0 Å². The average Bonchev–Trinajstić information content (AvgIpc) is 2.64. The SMILES string of the molecule is O=C(CCCCCCCO)N[C@@H](Cc1cccc2ccccc12)C(=O)O. The van der Waals surface area contributed by atoms with E-state index in [-0.39, 0.29) is 18.9 Å². The lowest BCUT2D eigenvalue weighted by Crippen LogP contribution is -2.42. The Bertz CT molecular complexity index is 724. The summed E-state index contributed by atoms with van der Waals surface area (Å²) >= 11 is 0. The van der Waals surface area contributed by atoms with Crippen LogP contribution in [0.1, 0.15) is 44.1 Å². The zero-order valence-corrected chi connectivity index (χ0v) is 15.0. The molecule has 5 heteroatoms. The third kappa shape index (κ3) is 6.15. The number of aliphatic hydroxyl groups is 1. The highest BCUT2D eigenvalue weighted by atomic mass is 16.4. The molecule has 2 rings (SSSR count). The fourth-order valence-electron chi connectivity index (χ4n) is 3.08. The number of carbonyl (C=O) groups excluding carboxylic acids is 1. The van der Waals surface area contributed by atoms with Gasteiger partial charge in [0.05, 0.1) is 0 Å². The average molecular weight is 357 g/mol. The maximum atomic E-state index is 12.1. The van der Waals surface area contributed by atoms with E-state index in [0.29, 0.717) is 6.42 Å². The molecular weight excluding hydrogens is 330 g/mol. The third-order valence-electron chi connectivity index (χ3n) is 4.50. The number of benzene rings is 2. The summed E-state index contributed by atoms with van der Waals surface area (Å²) in [5.41, 5.74) is 0.916. The highest BCUT2D eigenvalue weighted by Gasteiger charge is 2.21. The molecule has 0 aliphatic heterocycles. The maximum Gasteiger partial charge on any atom is 0.326 e. The largest absolute Gasteiger partial charge is 0.480 e. The number of nitrogens with one attached hydrogen (secondary N) is 1. The van der Waals surface area contributed by atoms with Gasteiger partial charge in [0.25, 0.3) is 0 Å². The van der Waals surface area contributed by atoms with Gasteiger partial charge in [-0.1, -0.05) is 61.7 Å². The summed E-state index contributed by atoms with van der Waals surface area (Å²) in [6.45, 7) is 0.203. The van der Waals surface area contributed by atoms with Gasteiger partial charge in [0.1, 0.15) is 6.04 Å². The van der Waals surface area contributed by atoms with Crippen LogP contribution in [-0.4, -0.2) is 34.7 Å². The number of aliphatic hydroxyl groups excluding tert-OH is 1. The van der Waals surface area contributed by atoms with Gasteiger partial charge in [-0.25, -0.2) is 4.79 Å². The fourth-order valence-corrected chi connectivity index (χ4v) is 3.08. The number of carboxylic acid groups (broad SMARTS) is 1. The van der Waals surface area contributed by atoms with Gasteiger partial charge in [0.2, 0.25) is 5.91 Å². The second-order valence-corrected chi connectivity index (χ2v) is 6.54. The summed E-state index contributed by atoms with van der Waals surface area (Å²) in [4.78, 5) is 23.7. The standard InChI is InChI=1S/C21H27NO4/c23-14-7-3-1-2-4-13-20(24)22-19(21(25)26)15-17-11-8-10-16-9-5-6-12-18(16)17/h5-6,8-12,19,23H,1-4,7,13-15H2,(H,22,24)(H,25,26)/t19-/m0/s1. The Hall–Kier alpha value is -2.40. The van der Waals surface area contributed by atoms with Crippen LogP contribution in [0.4, 0.5) is 0 Å². The molecule has 0 radical (unpaired) electrons. The lowest BCUT2D eigenvalue weighted by molar-refractivity contribution is -0.141. The summed E-state index contributed by atoms with van der Waals surface area (Å²) in [6.07, 6.45) is 4.96. The fraction of sp³-hybridized carbons (Fsp3) is 0.429. The van der Waals surface area contributed by atoms with Crippen molar-refractivity contribution in [3.05, 3.63) is 48.0 Å². The van der Waals surface area contributed by atoms with Crippen LogP contribution in [0, 0.1) is 0 Å². The lowest BCUT2D eigenvalue weighted by atomic mass is 9.98. The first-order valence-electron chi connectivity index (χ1n) is 9.21. The number of carboxylic acids is 1. The molecule has 140 valence electrons. The van der Waals surface area contributed by atoms with Crippen LogP contribution in [0.2, 0.25) is 0 Å². The quantitative estimate of drug-likeness (QED) is 0.539. The smallest absolute Gasteiger partial charge is 0.326 e. The van der Waals surface area contributed by atoms with Gasteiger partial charge in [-0.3, -0.25) is 4.79 Å². The second kappa shape index (κ2) is 10.6. The van der Waals surface area contributed by atoms with Crippen LogP contribution in [0.3, 0.4) is 0 Å². The number of aliphatic carboxylic acids is 1. The van der Waals surface area contributed by atoms with Crippen LogP contribution >= 0.6 is 0 Å². The Labute approximate surface area is 154 Å². The van der Waals surface area contributed by atoms with Gasteiger partial charge >= 0.3 is 5.97 Å². The van der Waals surface area contributed by atoms with Crippen molar-refractivity contribution < 1.29 is 19.8 Å². The number of amides is 1. The van der Waals surface area contributed by atoms with Crippen molar-refractivity contribution in [2.24, 2.45) is 0 Å². The van der Waals surface area contributed by atoms with Crippen LogP contribution < -0.4 is 5.32 Å². The Morgan fingerprint density at radius 2 is 1.62 bits per heavy atom. The van der Waals surface area contributed by atoms with Gasteiger partial charge in [0, 0.05) is 19.4 Å². The van der Waals surface area contributed by atoms with E-state index in [1.165, 1.54) is 0 Å². The number of fused-ring (bicyclic) bond motifs is 1. The Morgan fingerprint density at radius 3 is 2.38 bits per heavy atom. The number of carbonyl (C=O) groups is 2. The normalized spacial score (nSPS) is 12.0. The molecule has 5 nitrogen and oxygen atoms in total. The van der Waals surface area contributed by atoms with Gasteiger partial charge in [0.15, 0.2) is 0 Å². The van der Waals surface area contributed by atoms with Crippen LogP contribution in [0.5, 0.6) is 0 Å². The molecule has 0 fully saturated rings. The van der Waals surface area contributed by atoms with E-state index in [1.807, 2.05) is 42.5 Å². The second-order valence-electron chi connectivity index (χ2n) is 6.54. The van der Waals surface area contributed by atoms with Gasteiger partial charge in [-0.05, 0) is 29.2 Å². The summed E-state index contributed by atoms with van der Waals surface area (Å²) in [6, 6.07) is 12.7. The van der Waals surface area contributed by atoms with E-state index in [1.54, 1.807) is 0 Å². The number of hydrogen-bond donors (Lipinski definition) is 3. The van der Waals surface area contributed by atoms with Crippen molar-refractivity contribution in [3.63, 3.8) is 0 Å². The van der Waals surface area contributed by atoms with E-state index >= 15 is 0 Å². The minimum atomic E-state index is -1.02. The van der Waals surface area contributed by atoms with Crippen molar-refractivity contribution in [2.45, 2.75) is 51.0 Å². The molecule has 1 amide bonds. The minimum absolute atomic E-state index is 0.203. The Balaban J connectivity index is 1.90. The molecule has 0 bridgehead atoms. The van der Waals surface area contributed by atoms with Crippen LogP contribution in [0.25, 0.3) is 10.8 Å². The third-order valence-corrected chi connectivity index (χ3v) is 4.50. The number of rotatable bonds is 11. The summed E-state index contributed by atoms with van der Waals surface area (Å²) < 4.78 is 0. The lowest BCUT2D eigenvalue weighted by Gasteiger charge is -2.16. The summed E-state index contributed by atoms with van der Waals surface area (Å²) in [7, 11) is 0. The van der Waals surface area contributed by atoms with Gasteiger partial charge < -0.3 is 15.5 Å². The predicted molar refractivity (Wildman–Crippen MR) is 102 cm³/mol. The van der Waals surface area contributed by atoms with Gasteiger partial charge in [-0.2, -0.15) is 0 Å². The van der Waals surface area contributed by atoms with E-state index in [4.69, 9.17) is 5.11 Å². The van der Waals surface area contributed by atoms with Crippen molar-refractivity contribution >= 4 is 22.6 Å². The first-order chi connectivity index (χ1) is 12.6. The van der Waals surface area contributed by atoms with E-state index in [2.05, 4.69) is 5.32 Å². The molecule has 0 aromatic heterocycles. The molecular formula is C21H27NO4. The molecule has 3 N–H and O–H groups in total. The monoisotopic (exact) mass is 357 g/mol. The van der Waals surface area contributed by atoms with Crippen LogP contribution in [-0.2, 0) is 16.0 Å². The number of unbranched alkanes of at least 4 members (excludes halogenated alkanes) is 4. The van der Waals surface area contributed by atoms with Gasteiger partial charge in [-0.15, -0.1) is 0 Å².